The zero-order valence-corrected chi connectivity index (χ0v) is 12.4. The van der Waals surface area contributed by atoms with Gasteiger partial charge in [0.1, 0.15) is 6.04 Å². The third-order valence-corrected chi connectivity index (χ3v) is 3.43. The van der Waals surface area contributed by atoms with Crippen molar-refractivity contribution < 1.29 is 9.90 Å². The zero-order valence-electron chi connectivity index (χ0n) is 12.4. The van der Waals surface area contributed by atoms with Crippen molar-refractivity contribution in [3.8, 4) is 0 Å². The summed E-state index contributed by atoms with van der Waals surface area (Å²) >= 11 is 0. The molecule has 1 N–H and O–H groups in total. The maximum Gasteiger partial charge on any atom is 0.325 e. The van der Waals surface area contributed by atoms with E-state index < -0.39 is 12.0 Å². The van der Waals surface area contributed by atoms with E-state index in [1.807, 2.05) is 67.3 Å². The van der Waals surface area contributed by atoms with E-state index in [4.69, 9.17) is 0 Å². The molecule has 4 nitrogen and oxygen atoms in total. The van der Waals surface area contributed by atoms with Gasteiger partial charge in [-0.15, -0.1) is 0 Å². The summed E-state index contributed by atoms with van der Waals surface area (Å²) in [5.74, 6) is -0.837. The number of likely N-dealkylation sites (N-methyl/N-ethyl adjacent to an activating group) is 1. The van der Waals surface area contributed by atoms with Gasteiger partial charge >= 0.3 is 5.97 Å². The van der Waals surface area contributed by atoms with Gasteiger partial charge in [0.25, 0.3) is 0 Å². The molecule has 0 saturated heterocycles. The van der Waals surface area contributed by atoms with Crippen molar-refractivity contribution in [2.75, 3.05) is 6.54 Å². The highest BCUT2D eigenvalue weighted by atomic mass is 16.4. The Hall–Kier alpha value is -2.20. The highest BCUT2D eigenvalue weighted by Crippen LogP contribution is 2.22. The molecule has 0 amide bonds. The molecular weight excluding hydrogens is 264 g/mol. The molecule has 0 bridgehead atoms. The normalized spacial score (nSPS) is 12.3. The van der Waals surface area contributed by atoms with Gasteiger partial charge in [0.05, 0.1) is 5.69 Å². The summed E-state index contributed by atoms with van der Waals surface area (Å²) in [6.45, 7) is 5.06. The quantitative estimate of drug-likeness (QED) is 0.886. The van der Waals surface area contributed by atoms with Crippen molar-refractivity contribution in [3.63, 3.8) is 0 Å². The summed E-state index contributed by atoms with van der Waals surface area (Å²) in [5, 5.41) is 9.60. The Kier molecular flexibility index (Phi) is 5.06. The van der Waals surface area contributed by atoms with Crippen LogP contribution in [0.2, 0.25) is 0 Å². The second-order valence-electron chi connectivity index (χ2n) is 4.98. The first-order chi connectivity index (χ1) is 10.1. The van der Waals surface area contributed by atoms with Crippen molar-refractivity contribution >= 4 is 5.97 Å². The Morgan fingerprint density at radius 3 is 2.48 bits per heavy atom. The first kappa shape index (κ1) is 15.2. The molecule has 0 fully saturated rings. The number of hydrogen-bond donors (Lipinski definition) is 1. The average Bonchev–Trinajstić information content (AvgIpc) is 2.47. The number of pyridine rings is 1. The minimum atomic E-state index is -0.837. The molecule has 1 atom stereocenters. The third kappa shape index (κ3) is 3.89. The standard InChI is InChI=1S/C17H20N2O2/c1-3-19(12-15-11-7-8-13(2)18-15)16(17(20)21)14-9-5-4-6-10-14/h4-11,16H,3,12H2,1-2H3,(H,20,21). The number of aromatic nitrogens is 1. The molecule has 2 aromatic rings. The van der Waals surface area contributed by atoms with E-state index in [1.54, 1.807) is 0 Å². The molecule has 21 heavy (non-hydrogen) atoms. The minimum absolute atomic E-state index is 0.518. The summed E-state index contributed by atoms with van der Waals surface area (Å²) in [6.07, 6.45) is 0. The second-order valence-corrected chi connectivity index (χ2v) is 4.98. The fourth-order valence-corrected chi connectivity index (χ4v) is 2.43. The Bertz CT molecular complexity index is 599. The molecule has 0 spiro atoms. The molecule has 0 aliphatic heterocycles. The third-order valence-electron chi connectivity index (χ3n) is 3.43. The monoisotopic (exact) mass is 284 g/mol. The van der Waals surface area contributed by atoms with Crippen molar-refractivity contribution in [2.24, 2.45) is 0 Å². The van der Waals surface area contributed by atoms with Crippen LogP contribution in [0.15, 0.2) is 48.5 Å². The first-order valence-electron chi connectivity index (χ1n) is 7.06. The van der Waals surface area contributed by atoms with Gasteiger partial charge in [-0.2, -0.15) is 0 Å². The number of aliphatic carboxylic acids is 1. The van der Waals surface area contributed by atoms with Gasteiger partial charge in [0.2, 0.25) is 0 Å². The van der Waals surface area contributed by atoms with Crippen LogP contribution in [0.4, 0.5) is 0 Å². The number of carboxylic acids is 1. The molecular formula is C17H20N2O2. The van der Waals surface area contributed by atoms with Crippen LogP contribution in [-0.4, -0.2) is 27.5 Å². The molecule has 110 valence electrons. The Morgan fingerprint density at radius 1 is 1.19 bits per heavy atom. The Morgan fingerprint density at radius 2 is 1.90 bits per heavy atom. The van der Waals surface area contributed by atoms with Gasteiger partial charge in [0, 0.05) is 12.2 Å². The van der Waals surface area contributed by atoms with Gasteiger partial charge < -0.3 is 5.11 Å². The smallest absolute Gasteiger partial charge is 0.325 e. The van der Waals surface area contributed by atoms with Crippen LogP contribution < -0.4 is 0 Å². The lowest BCUT2D eigenvalue weighted by Gasteiger charge is -2.27. The number of carbonyl (C=O) groups is 1. The second kappa shape index (κ2) is 6.99. The fraction of sp³-hybridized carbons (Fsp3) is 0.294. The predicted octanol–water partition coefficient (Wildman–Crippen LogP) is 3.04. The Labute approximate surface area is 125 Å². The maximum atomic E-state index is 11.7. The van der Waals surface area contributed by atoms with Crippen LogP contribution >= 0.6 is 0 Å². The van der Waals surface area contributed by atoms with Gasteiger partial charge in [0.15, 0.2) is 0 Å². The lowest BCUT2D eigenvalue weighted by Crippen LogP contribution is -2.33. The largest absolute Gasteiger partial charge is 0.480 e. The van der Waals surface area contributed by atoms with Crippen molar-refractivity contribution in [3.05, 3.63) is 65.5 Å². The average molecular weight is 284 g/mol. The lowest BCUT2D eigenvalue weighted by atomic mass is 10.1. The van der Waals surface area contributed by atoms with Crippen LogP contribution in [0, 0.1) is 6.92 Å². The Balaban J connectivity index is 2.26. The van der Waals surface area contributed by atoms with Crippen molar-refractivity contribution in [1.82, 2.24) is 9.88 Å². The summed E-state index contributed by atoms with van der Waals surface area (Å²) in [4.78, 5) is 18.1. The molecule has 1 unspecified atom stereocenters. The van der Waals surface area contributed by atoms with Crippen molar-refractivity contribution in [2.45, 2.75) is 26.4 Å². The SMILES string of the molecule is CCN(Cc1cccc(C)n1)C(C(=O)O)c1ccccc1. The number of carboxylic acid groups (broad SMARTS) is 1. The van der Waals surface area contributed by atoms with E-state index in [0.29, 0.717) is 13.1 Å². The van der Waals surface area contributed by atoms with Gasteiger partial charge in [-0.25, -0.2) is 0 Å². The van der Waals surface area contributed by atoms with E-state index in [0.717, 1.165) is 17.0 Å². The summed E-state index contributed by atoms with van der Waals surface area (Å²) in [5.41, 5.74) is 2.62. The number of hydrogen-bond acceptors (Lipinski definition) is 3. The van der Waals surface area contributed by atoms with Crippen LogP contribution in [0.1, 0.15) is 29.9 Å². The molecule has 1 aromatic carbocycles. The molecule has 4 heteroatoms. The van der Waals surface area contributed by atoms with E-state index in [2.05, 4.69) is 4.98 Å². The molecule has 0 saturated carbocycles. The molecule has 1 heterocycles. The van der Waals surface area contributed by atoms with Crippen molar-refractivity contribution in [1.29, 1.82) is 0 Å². The number of nitrogens with zero attached hydrogens (tertiary/aromatic N) is 2. The van der Waals surface area contributed by atoms with E-state index in [1.165, 1.54) is 0 Å². The highest BCUT2D eigenvalue weighted by molar-refractivity contribution is 5.75. The lowest BCUT2D eigenvalue weighted by molar-refractivity contribution is -0.143. The summed E-state index contributed by atoms with van der Waals surface area (Å²) in [6, 6.07) is 14.5. The van der Waals surface area contributed by atoms with Gasteiger partial charge in [-0.3, -0.25) is 14.7 Å². The molecule has 1 aromatic heterocycles. The van der Waals surface area contributed by atoms with Crippen LogP contribution in [-0.2, 0) is 11.3 Å². The summed E-state index contributed by atoms with van der Waals surface area (Å²) in [7, 11) is 0. The van der Waals surface area contributed by atoms with E-state index in [-0.39, 0.29) is 0 Å². The van der Waals surface area contributed by atoms with Crippen LogP contribution in [0.3, 0.4) is 0 Å². The van der Waals surface area contributed by atoms with E-state index in [9.17, 15) is 9.90 Å². The number of aryl methyl sites for hydroxylation is 1. The molecule has 0 aliphatic carbocycles. The number of benzene rings is 1. The molecule has 0 radical (unpaired) electrons. The number of rotatable bonds is 6. The minimum Gasteiger partial charge on any atom is -0.480 e. The molecule has 2 rings (SSSR count). The molecule has 0 aliphatic rings. The van der Waals surface area contributed by atoms with Crippen LogP contribution in [0.25, 0.3) is 0 Å². The fourth-order valence-electron chi connectivity index (χ4n) is 2.43. The van der Waals surface area contributed by atoms with Gasteiger partial charge in [-0.1, -0.05) is 43.3 Å². The maximum absolute atomic E-state index is 11.7. The first-order valence-corrected chi connectivity index (χ1v) is 7.06. The highest BCUT2D eigenvalue weighted by Gasteiger charge is 2.26. The van der Waals surface area contributed by atoms with Gasteiger partial charge in [-0.05, 0) is 31.2 Å². The predicted molar refractivity (Wildman–Crippen MR) is 81.9 cm³/mol. The van der Waals surface area contributed by atoms with E-state index >= 15 is 0 Å². The topological polar surface area (TPSA) is 53.4 Å². The zero-order chi connectivity index (χ0) is 15.2. The summed E-state index contributed by atoms with van der Waals surface area (Å²) < 4.78 is 0. The van der Waals surface area contributed by atoms with Crippen LogP contribution in [0.5, 0.6) is 0 Å².